The van der Waals surface area contributed by atoms with Crippen molar-refractivity contribution in [2.24, 2.45) is 0 Å². The van der Waals surface area contributed by atoms with Crippen LogP contribution >= 0.6 is 11.3 Å². The molecule has 3 rings (SSSR count). The minimum Gasteiger partial charge on any atom is -0.619 e. The Morgan fingerprint density at radius 2 is 2.05 bits per heavy atom. The molecule has 0 radical (unpaired) electrons. The van der Waals surface area contributed by atoms with Gasteiger partial charge < -0.3 is 5.21 Å². The zero-order valence-corrected chi connectivity index (χ0v) is 11.5. The Labute approximate surface area is 119 Å². The van der Waals surface area contributed by atoms with E-state index in [1.54, 1.807) is 0 Å². The van der Waals surface area contributed by atoms with Gasteiger partial charge in [-0.15, -0.1) is 0 Å². The molecule has 0 unspecified atom stereocenters. The topological polar surface area (TPSA) is 68.9 Å². The second-order valence-corrected chi connectivity index (χ2v) is 5.37. The van der Waals surface area contributed by atoms with Crippen LogP contribution in [0.15, 0.2) is 42.7 Å². The fraction of sp³-hybridized carbons (Fsp3) is 0.0714. The number of hydrogen-bond donors (Lipinski definition) is 1. The molecule has 1 N–H and O–H groups in total. The lowest BCUT2D eigenvalue weighted by molar-refractivity contribution is -0.605. The number of para-hydroxylation sites is 1. The molecule has 0 saturated carbocycles. The highest BCUT2D eigenvalue weighted by Gasteiger charge is 2.11. The first kappa shape index (κ1) is 12.6. The molecule has 5 nitrogen and oxygen atoms in total. The first-order valence-electron chi connectivity index (χ1n) is 6.00. The summed E-state index contributed by atoms with van der Waals surface area (Å²) in [6.45, 7) is 1.98. The van der Waals surface area contributed by atoms with Gasteiger partial charge in [-0.25, -0.2) is 4.98 Å². The third kappa shape index (κ3) is 2.33. The third-order valence-electron chi connectivity index (χ3n) is 2.91. The molecule has 2 heterocycles. The lowest BCUT2D eigenvalue weighted by Gasteiger charge is -2.01. The molecule has 2 aromatic heterocycles. The van der Waals surface area contributed by atoms with E-state index in [0.717, 1.165) is 15.8 Å². The summed E-state index contributed by atoms with van der Waals surface area (Å²) in [5.74, 6) is -0.276. The first-order valence-corrected chi connectivity index (χ1v) is 6.81. The van der Waals surface area contributed by atoms with Crippen molar-refractivity contribution in [1.29, 1.82) is 0 Å². The lowest BCUT2D eigenvalue weighted by atomic mass is 10.2. The van der Waals surface area contributed by atoms with Crippen molar-refractivity contribution in [2.45, 2.75) is 6.92 Å². The summed E-state index contributed by atoms with van der Waals surface area (Å²) in [5, 5.41) is 14.2. The van der Waals surface area contributed by atoms with E-state index in [4.69, 9.17) is 0 Å². The highest BCUT2D eigenvalue weighted by atomic mass is 32.1. The molecule has 3 aromatic rings. The van der Waals surface area contributed by atoms with Crippen molar-refractivity contribution in [3.05, 3.63) is 59.1 Å². The van der Waals surface area contributed by atoms with Crippen molar-refractivity contribution in [3.8, 4) is 0 Å². The number of thiazole rings is 1. The van der Waals surface area contributed by atoms with Gasteiger partial charge in [-0.05, 0) is 18.6 Å². The Morgan fingerprint density at radius 1 is 1.30 bits per heavy atom. The Balaban J connectivity index is 1.87. The summed E-state index contributed by atoms with van der Waals surface area (Å²) in [7, 11) is 0. The van der Waals surface area contributed by atoms with E-state index in [1.165, 1.54) is 35.9 Å². The molecule has 6 heteroatoms. The van der Waals surface area contributed by atoms with Crippen molar-refractivity contribution in [2.75, 3.05) is 5.32 Å². The molecule has 1 amide bonds. The highest BCUT2D eigenvalue weighted by molar-refractivity contribution is 7.22. The minimum atomic E-state index is -0.276. The molecule has 100 valence electrons. The van der Waals surface area contributed by atoms with Crippen LogP contribution in [0.25, 0.3) is 10.2 Å². The second kappa shape index (κ2) is 4.90. The monoisotopic (exact) mass is 285 g/mol. The minimum absolute atomic E-state index is 0.276. The van der Waals surface area contributed by atoms with E-state index in [2.05, 4.69) is 10.3 Å². The molecule has 0 spiro atoms. The maximum atomic E-state index is 12.0. The molecule has 0 bridgehead atoms. The molecular formula is C14H11N3O2S. The van der Waals surface area contributed by atoms with Gasteiger partial charge >= 0.3 is 0 Å². The fourth-order valence-corrected chi connectivity index (χ4v) is 2.81. The van der Waals surface area contributed by atoms with Crippen LogP contribution in [0.3, 0.4) is 0 Å². The predicted molar refractivity (Wildman–Crippen MR) is 77.7 cm³/mol. The molecule has 0 aliphatic carbocycles. The van der Waals surface area contributed by atoms with Crippen LogP contribution in [-0.4, -0.2) is 10.9 Å². The summed E-state index contributed by atoms with van der Waals surface area (Å²) in [5.41, 5.74) is 2.40. The summed E-state index contributed by atoms with van der Waals surface area (Å²) in [6, 6.07) is 8.86. The van der Waals surface area contributed by atoms with Gasteiger partial charge in [-0.3, -0.25) is 10.1 Å². The van der Waals surface area contributed by atoms with Gasteiger partial charge in [0, 0.05) is 12.1 Å². The summed E-state index contributed by atoms with van der Waals surface area (Å²) < 4.78 is 1.67. The predicted octanol–water partition coefficient (Wildman–Crippen LogP) is 2.49. The number of rotatable bonds is 2. The standard InChI is InChI=1S/C14H11N3O2S/c1-9-3-2-4-11-12(9)15-14(20-11)16-13(18)10-5-7-17(19)8-6-10/h2-8H,1H3,(H,15,16,18). The van der Waals surface area contributed by atoms with Crippen LogP contribution in [0.1, 0.15) is 15.9 Å². The number of hydrogen-bond acceptors (Lipinski definition) is 4. The van der Waals surface area contributed by atoms with Crippen LogP contribution in [0.5, 0.6) is 0 Å². The number of nitrogens with one attached hydrogen (secondary N) is 1. The number of aromatic nitrogens is 2. The van der Waals surface area contributed by atoms with E-state index < -0.39 is 0 Å². The van der Waals surface area contributed by atoms with E-state index in [9.17, 15) is 10.0 Å². The van der Waals surface area contributed by atoms with Crippen LogP contribution < -0.4 is 10.0 Å². The zero-order valence-electron chi connectivity index (χ0n) is 10.7. The van der Waals surface area contributed by atoms with Crippen molar-refractivity contribution >= 4 is 32.6 Å². The van der Waals surface area contributed by atoms with Gasteiger partial charge in [0.15, 0.2) is 17.5 Å². The molecule has 0 fully saturated rings. The van der Waals surface area contributed by atoms with Crippen LogP contribution in [-0.2, 0) is 0 Å². The van der Waals surface area contributed by atoms with Gasteiger partial charge in [0.25, 0.3) is 5.91 Å². The van der Waals surface area contributed by atoms with E-state index >= 15 is 0 Å². The van der Waals surface area contributed by atoms with Gasteiger partial charge in [-0.1, -0.05) is 23.5 Å². The number of aryl methyl sites for hydroxylation is 1. The van der Waals surface area contributed by atoms with Gasteiger partial charge in [0.2, 0.25) is 0 Å². The number of pyridine rings is 1. The Bertz CT molecular complexity index is 781. The number of nitrogens with zero attached hydrogens (tertiary/aromatic N) is 2. The number of anilines is 1. The maximum Gasteiger partial charge on any atom is 0.257 e. The number of fused-ring (bicyclic) bond motifs is 1. The summed E-state index contributed by atoms with van der Waals surface area (Å²) >= 11 is 1.43. The molecule has 1 aromatic carbocycles. The molecule has 0 aliphatic heterocycles. The third-order valence-corrected chi connectivity index (χ3v) is 3.84. The number of benzene rings is 1. The molecule has 20 heavy (non-hydrogen) atoms. The lowest BCUT2D eigenvalue weighted by Crippen LogP contribution is -2.25. The average molecular weight is 285 g/mol. The van der Waals surface area contributed by atoms with E-state index in [1.807, 2.05) is 25.1 Å². The largest absolute Gasteiger partial charge is 0.619 e. The van der Waals surface area contributed by atoms with E-state index in [-0.39, 0.29) is 5.91 Å². The van der Waals surface area contributed by atoms with Crippen LogP contribution in [0.4, 0.5) is 5.13 Å². The maximum absolute atomic E-state index is 12.0. The van der Waals surface area contributed by atoms with Crippen LogP contribution in [0, 0.1) is 12.1 Å². The Kier molecular flexibility index (Phi) is 3.08. The molecule has 0 aliphatic rings. The Morgan fingerprint density at radius 3 is 2.75 bits per heavy atom. The Hall–Kier alpha value is -2.47. The fourth-order valence-electron chi connectivity index (χ4n) is 1.87. The van der Waals surface area contributed by atoms with Crippen molar-refractivity contribution < 1.29 is 9.52 Å². The molecule has 0 saturated heterocycles. The smallest absolute Gasteiger partial charge is 0.257 e. The second-order valence-electron chi connectivity index (χ2n) is 4.34. The highest BCUT2D eigenvalue weighted by Crippen LogP contribution is 2.28. The number of carbonyl (C=O) groups excluding carboxylic acids is 1. The van der Waals surface area contributed by atoms with Gasteiger partial charge in [0.05, 0.1) is 15.8 Å². The molecular weight excluding hydrogens is 274 g/mol. The van der Waals surface area contributed by atoms with Crippen molar-refractivity contribution in [3.63, 3.8) is 0 Å². The number of amides is 1. The SMILES string of the molecule is Cc1cccc2sc(NC(=O)c3cc[n+]([O-])cc3)nc12. The average Bonchev–Trinajstić information content (AvgIpc) is 2.83. The van der Waals surface area contributed by atoms with Gasteiger partial charge in [0.1, 0.15) is 0 Å². The van der Waals surface area contributed by atoms with E-state index in [0.29, 0.717) is 15.4 Å². The molecule has 0 atom stereocenters. The number of carbonyl (C=O) groups is 1. The first-order chi connectivity index (χ1) is 9.63. The van der Waals surface area contributed by atoms with Crippen molar-refractivity contribution in [1.82, 2.24) is 4.98 Å². The van der Waals surface area contributed by atoms with Gasteiger partial charge in [-0.2, -0.15) is 4.73 Å². The zero-order chi connectivity index (χ0) is 14.1. The summed E-state index contributed by atoms with van der Waals surface area (Å²) in [4.78, 5) is 16.4. The quantitative estimate of drug-likeness (QED) is 0.581. The van der Waals surface area contributed by atoms with Crippen LogP contribution in [0.2, 0.25) is 0 Å². The normalized spacial score (nSPS) is 10.7. The summed E-state index contributed by atoms with van der Waals surface area (Å²) in [6.07, 6.45) is 2.58.